The molecule has 6 nitrogen and oxygen atoms in total. The zero-order valence-corrected chi connectivity index (χ0v) is 19.1. The summed E-state index contributed by atoms with van der Waals surface area (Å²) in [5.41, 5.74) is 5.61. The number of ether oxygens (including phenoxy) is 1. The predicted octanol–water partition coefficient (Wildman–Crippen LogP) is 4.82. The number of alkyl carbamates (subject to hydrolysis) is 1. The number of rotatable bonds is 7. The zero-order valence-electron chi connectivity index (χ0n) is 19.1. The highest BCUT2D eigenvalue weighted by Crippen LogP contribution is 2.44. The molecule has 0 spiro atoms. The summed E-state index contributed by atoms with van der Waals surface area (Å²) in [6.07, 6.45) is 2.80. The summed E-state index contributed by atoms with van der Waals surface area (Å²) < 4.78 is 5.56. The van der Waals surface area contributed by atoms with Crippen molar-refractivity contribution in [3.63, 3.8) is 0 Å². The number of amides is 2. The third-order valence-corrected chi connectivity index (χ3v) is 6.10. The Hall–Kier alpha value is -3.67. The van der Waals surface area contributed by atoms with Crippen molar-refractivity contribution in [2.45, 2.75) is 38.8 Å². The molecule has 2 aromatic carbocycles. The summed E-state index contributed by atoms with van der Waals surface area (Å²) in [6.45, 7) is 5.94. The minimum absolute atomic E-state index is 0.0238. The largest absolute Gasteiger partial charge is 0.449 e. The molecule has 3 aromatic rings. The first-order valence-electron chi connectivity index (χ1n) is 11.3. The minimum Gasteiger partial charge on any atom is -0.449 e. The molecule has 0 saturated heterocycles. The Kier molecular flexibility index (Phi) is 6.73. The number of carbonyl (C=O) groups excluding carboxylic acids is 2. The van der Waals surface area contributed by atoms with E-state index in [2.05, 4.69) is 39.9 Å². The van der Waals surface area contributed by atoms with Crippen LogP contribution in [-0.2, 0) is 9.53 Å². The van der Waals surface area contributed by atoms with Crippen molar-refractivity contribution < 1.29 is 14.3 Å². The van der Waals surface area contributed by atoms with Crippen LogP contribution in [0.3, 0.4) is 0 Å². The first-order valence-corrected chi connectivity index (χ1v) is 11.3. The Morgan fingerprint density at radius 3 is 2.03 bits per heavy atom. The maximum atomic E-state index is 12.8. The average Bonchev–Trinajstić information content (AvgIpc) is 3.15. The van der Waals surface area contributed by atoms with E-state index in [4.69, 9.17) is 4.74 Å². The van der Waals surface area contributed by atoms with Crippen LogP contribution >= 0.6 is 0 Å². The molecular formula is C27H29N3O3. The van der Waals surface area contributed by atoms with Crippen molar-refractivity contribution in [2.75, 3.05) is 6.61 Å². The van der Waals surface area contributed by atoms with Gasteiger partial charge in [0.1, 0.15) is 12.6 Å². The van der Waals surface area contributed by atoms with E-state index in [9.17, 15) is 9.59 Å². The second-order valence-electron chi connectivity index (χ2n) is 8.70. The number of pyridine rings is 1. The third-order valence-electron chi connectivity index (χ3n) is 6.10. The standard InChI is InChI=1S/C27H29N3O3/c1-17(2)25(19-12-14-28-15-13-19)30-26(31)18(3)29-27(32)33-16-24-22-10-6-4-8-20(22)21-9-5-7-11-23(21)24/h4-15,17-18,24-25H,16H2,1-3H3,(H,29,32)(H,30,31)/t18-,25?/m0/s1. The topological polar surface area (TPSA) is 80.3 Å². The molecule has 1 aromatic heterocycles. The molecule has 1 aliphatic carbocycles. The van der Waals surface area contributed by atoms with Crippen LogP contribution in [0.4, 0.5) is 4.79 Å². The molecule has 6 heteroatoms. The molecule has 33 heavy (non-hydrogen) atoms. The number of hydrogen-bond acceptors (Lipinski definition) is 4. The molecule has 2 N–H and O–H groups in total. The Labute approximate surface area is 194 Å². The Balaban J connectivity index is 1.36. The van der Waals surface area contributed by atoms with Crippen LogP contribution in [0.1, 0.15) is 49.4 Å². The highest BCUT2D eigenvalue weighted by molar-refractivity contribution is 5.85. The fourth-order valence-electron chi connectivity index (χ4n) is 4.37. The van der Waals surface area contributed by atoms with Crippen molar-refractivity contribution in [2.24, 2.45) is 5.92 Å². The number of hydrogen-bond donors (Lipinski definition) is 2. The van der Waals surface area contributed by atoms with E-state index in [0.29, 0.717) is 0 Å². The van der Waals surface area contributed by atoms with E-state index in [1.165, 1.54) is 11.1 Å². The van der Waals surface area contributed by atoms with Gasteiger partial charge in [-0.15, -0.1) is 0 Å². The van der Waals surface area contributed by atoms with Crippen LogP contribution in [0, 0.1) is 5.92 Å². The summed E-state index contributed by atoms with van der Waals surface area (Å²) in [4.78, 5) is 29.3. The van der Waals surface area contributed by atoms with Gasteiger partial charge in [-0.25, -0.2) is 4.79 Å². The van der Waals surface area contributed by atoms with Crippen LogP contribution in [0.5, 0.6) is 0 Å². The molecule has 0 saturated carbocycles. The Morgan fingerprint density at radius 1 is 0.879 bits per heavy atom. The Bertz CT molecular complexity index is 1080. The third kappa shape index (κ3) is 4.90. The summed E-state index contributed by atoms with van der Waals surface area (Å²) in [5, 5.41) is 5.69. The lowest BCUT2D eigenvalue weighted by Crippen LogP contribution is -2.47. The second-order valence-corrected chi connectivity index (χ2v) is 8.70. The van der Waals surface area contributed by atoms with Crippen molar-refractivity contribution in [1.29, 1.82) is 0 Å². The van der Waals surface area contributed by atoms with E-state index < -0.39 is 12.1 Å². The van der Waals surface area contributed by atoms with Gasteiger partial charge in [0.15, 0.2) is 0 Å². The second kappa shape index (κ2) is 9.86. The predicted molar refractivity (Wildman–Crippen MR) is 128 cm³/mol. The molecule has 1 heterocycles. The maximum Gasteiger partial charge on any atom is 0.407 e. The van der Waals surface area contributed by atoms with Gasteiger partial charge in [-0.3, -0.25) is 9.78 Å². The van der Waals surface area contributed by atoms with Crippen LogP contribution in [0.2, 0.25) is 0 Å². The number of nitrogens with one attached hydrogen (secondary N) is 2. The molecule has 1 unspecified atom stereocenters. The molecule has 2 amide bonds. The van der Waals surface area contributed by atoms with Gasteiger partial charge in [0.25, 0.3) is 0 Å². The van der Waals surface area contributed by atoms with Gasteiger partial charge in [0.05, 0.1) is 6.04 Å². The highest BCUT2D eigenvalue weighted by atomic mass is 16.5. The summed E-state index contributed by atoms with van der Waals surface area (Å²) >= 11 is 0. The number of carbonyl (C=O) groups is 2. The van der Waals surface area contributed by atoms with Gasteiger partial charge in [-0.1, -0.05) is 62.4 Å². The molecule has 0 fully saturated rings. The van der Waals surface area contributed by atoms with Crippen molar-refractivity contribution in [3.05, 3.63) is 89.7 Å². The van der Waals surface area contributed by atoms with Crippen molar-refractivity contribution in [1.82, 2.24) is 15.6 Å². The molecule has 0 bridgehead atoms. The van der Waals surface area contributed by atoms with Gasteiger partial charge in [-0.05, 0) is 52.8 Å². The fourth-order valence-corrected chi connectivity index (χ4v) is 4.37. The Morgan fingerprint density at radius 2 is 1.45 bits per heavy atom. The molecule has 4 rings (SSSR count). The van der Waals surface area contributed by atoms with E-state index in [-0.39, 0.29) is 30.4 Å². The average molecular weight is 444 g/mol. The van der Waals surface area contributed by atoms with E-state index in [1.54, 1.807) is 19.3 Å². The molecule has 2 atom stereocenters. The van der Waals surface area contributed by atoms with Crippen LogP contribution in [0.15, 0.2) is 73.1 Å². The normalized spacial score (nSPS) is 14.2. The molecule has 0 aliphatic heterocycles. The van der Waals surface area contributed by atoms with Gasteiger partial charge < -0.3 is 15.4 Å². The van der Waals surface area contributed by atoms with E-state index in [0.717, 1.165) is 16.7 Å². The highest BCUT2D eigenvalue weighted by Gasteiger charge is 2.29. The van der Waals surface area contributed by atoms with Crippen molar-refractivity contribution >= 4 is 12.0 Å². The van der Waals surface area contributed by atoms with Gasteiger partial charge in [0.2, 0.25) is 5.91 Å². The summed E-state index contributed by atoms with van der Waals surface area (Å²) in [7, 11) is 0. The van der Waals surface area contributed by atoms with Crippen LogP contribution in [-0.4, -0.2) is 29.6 Å². The fraction of sp³-hybridized carbons (Fsp3) is 0.296. The lowest BCUT2D eigenvalue weighted by molar-refractivity contribution is -0.123. The van der Waals surface area contributed by atoms with Gasteiger partial charge in [0, 0.05) is 18.3 Å². The summed E-state index contributed by atoms with van der Waals surface area (Å²) in [6, 6.07) is 19.2. The molecular weight excluding hydrogens is 414 g/mol. The number of aromatic nitrogens is 1. The minimum atomic E-state index is -0.733. The zero-order chi connectivity index (χ0) is 23.4. The smallest absolute Gasteiger partial charge is 0.407 e. The first kappa shape index (κ1) is 22.5. The van der Waals surface area contributed by atoms with Crippen LogP contribution in [0.25, 0.3) is 11.1 Å². The van der Waals surface area contributed by atoms with Gasteiger partial charge >= 0.3 is 6.09 Å². The first-order chi connectivity index (χ1) is 16.0. The van der Waals surface area contributed by atoms with E-state index in [1.807, 2.05) is 50.2 Å². The quantitative estimate of drug-likeness (QED) is 0.549. The number of fused-ring (bicyclic) bond motifs is 3. The monoisotopic (exact) mass is 443 g/mol. The lowest BCUT2D eigenvalue weighted by Gasteiger charge is -2.25. The summed E-state index contributed by atoms with van der Waals surface area (Å²) in [5.74, 6) is -0.110. The van der Waals surface area contributed by atoms with E-state index >= 15 is 0 Å². The molecule has 1 aliphatic rings. The van der Waals surface area contributed by atoms with Crippen LogP contribution < -0.4 is 10.6 Å². The lowest BCUT2D eigenvalue weighted by atomic mass is 9.96. The number of benzene rings is 2. The maximum absolute atomic E-state index is 12.8. The molecule has 170 valence electrons. The number of nitrogens with zero attached hydrogens (tertiary/aromatic N) is 1. The van der Waals surface area contributed by atoms with Crippen molar-refractivity contribution in [3.8, 4) is 11.1 Å². The SMILES string of the molecule is CC(C)C(NC(=O)[C@H](C)NC(=O)OCC1c2ccccc2-c2ccccc21)c1ccncc1. The molecule has 0 radical (unpaired) electrons. The van der Waals surface area contributed by atoms with Gasteiger partial charge in [-0.2, -0.15) is 0 Å².